The quantitative estimate of drug-likeness (QED) is 0.128. The molecule has 2 saturated heterocycles. The van der Waals surface area contributed by atoms with Gasteiger partial charge in [0.25, 0.3) is 0 Å². The minimum absolute atomic E-state index is 0. The van der Waals surface area contributed by atoms with Crippen molar-refractivity contribution in [3.63, 3.8) is 0 Å². The van der Waals surface area contributed by atoms with E-state index in [4.69, 9.17) is 46.7 Å². The summed E-state index contributed by atoms with van der Waals surface area (Å²) in [6, 6.07) is 10.0. The van der Waals surface area contributed by atoms with Crippen molar-refractivity contribution in [3.8, 4) is 11.5 Å². The normalized spacial score (nSPS) is 22.4. The molecule has 57 heavy (non-hydrogen) atoms. The van der Waals surface area contributed by atoms with Crippen LogP contribution in [0.3, 0.4) is 0 Å². The molecular formula is C40H51BN4Na2O10. The van der Waals surface area contributed by atoms with Gasteiger partial charge in [-0.1, -0.05) is 12.1 Å². The van der Waals surface area contributed by atoms with Gasteiger partial charge >= 0.3 is 59.1 Å². The molecule has 1 N–H and O–H groups in total. The van der Waals surface area contributed by atoms with E-state index in [1.54, 1.807) is 36.4 Å². The molecule has 0 aromatic heterocycles. The Morgan fingerprint density at radius 1 is 0.737 bits per heavy atom. The first-order valence-corrected chi connectivity index (χ1v) is 18.5. The average Bonchev–Trinajstić information content (AvgIpc) is 3.78. The second-order valence-corrected chi connectivity index (χ2v) is 14.6. The Morgan fingerprint density at radius 2 is 1.16 bits per heavy atom. The van der Waals surface area contributed by atoms with Crippen LogP contribution >= 0.6 is 0 Å². The summed E-state index contributed by atoms with van der Waals surface area (Å²) in [6.07, 6.45) is 1.88. The van der Waals surface area contributed by atoms with E-state index >= 15 is 0 Å². The third-order valence-electron chi connectivity index (χ3n) is 9.98. The van der Waals surface area contributed by atoms with Crippen LogP contribution < -0.4 is 73.7 Å². The number of benzene rings is 2. The monoisotopic (exact) mass is 804 g/mol. The van der Waals surface area contributed by atoms with Crippen LogP contribution in [0.15, 0.2) is 36.4 Å². The minimum atomic E-state index is -0.668. The molecule has 2 aromatic carbocycles. The van der Waals surface area contributed by atoms with Crippen molar-refractivity contribution in [2.45, 2.75) is 88.9 Å². The van der Waals surface area contributed by atoms with Crippen molar-refractivity contribution in [2.24, 2.45) is 0 Å². The number of carbonyl (C=O) groups is 2. The molecule has 2 amide bonds. The van der Waals surface area contributed by atoms with Gasteiger partial charge in [0.15, 0.2) is 11.4 Å². The predicted molar refractivity (Wildman–Crippen MR) is 201 cm³/mol. The number of ether oxygens (including phenoxy) is 6. The van der Waals surface area contributed by atoms with E-state index in [0.29, 0.717) is 75.2 Å². The van der Waals surface area contributed by atoms with Gasteiger partial charge in [0, 0.05) is 43.7 Å². The molecule has 0 aliphatic carbocycles. The van der Waals surface area contributed by atoms with E-state index in [1.807, 2.05) is 37.5 Å². The van der Waals surface area contributed by atoms with Gasteiger partial charge in [-0.2, -0.15) is 0 Å². The zero-order valence-electron chi connectivity index (χ0n) is 34.2. The van der Waals surface area contributed by atoms with Crippen molar-refractivity contribution in [1.82, 2.24) is 9.80 Å². The second-order valence-electron chi connectivity index (χ2n) is 14.6. The number of amides is 2. The number of carbonyl (C=O) groups excluding carboxylic acids is 2. The van der Waals surface area contributed by atoms with Gasteiger partial charge in [-0.15, -0.1) is 6.61 Å². The molecule has 0 bridgehead atoms. The molecule has 4 atom stereocenters. The van der Waals surface area contributed by atoms with Gasteiger partial charge < -0.3 is 56.8 Å². The summed E-state index contributed by atoms with van der Waals surface area (Å²) >= 11 is 0. The van der Waals surface area contributed by atoms with Crippen molar-refractivity contribution in [2.75, 3.05) is 65.9 Å². The van der Waals surface area contributed by atoms with Crippen LogP contribution in [0.1, 0.15) is 76.6 Å². The first-order chi connectivity index (χ1) is 25.9. The molecule has 4 radical (unpaired) electrons. The molecule has 2 fully saturated rings. The molecule has 4 aliphatic heterocycles. The van der Waals surface area contributed by atoms with Crippen molar-refractivity contribution in [3.05, 3.63) is 70.4 Å². The molecular weight excluding hydrogens is 753 g/mol. The molecule has 296 valence electrons. The first kappa shape index (κ1) is 50.9. The average molecular weight is 805 g/mol. The molecule has 6 rings (SSSR count). The number of rotatable bonds is 14. The molecule has 0 spiro atoms. The Kier molecular flexibility index (Phi) is 21.0. The zero-order valence-corrected chi connectivity index (χ0v) is 38.2. The van der Waals surface area contributed by atoms with Gasteiger partial charge in [0.2, 0.25) is 11.8 Å². The van der Waals surface area contributed by atoms with E-state index < -0.39 is 23.4 Å². The van der Waals surface area contributed by atoms with E-state index in [0.717, 1.165) is 24.0 Å². The van der Waals surface area contributed by atoms with Crippen molar-refractivity contribution in [1.29, 1.82) is 0 Å². The summed E-state index contributed by atoms with van der Waals surface area (Å²) < 4.78 is 35.2. The minimum Gasteiger partial charge on any atom is -1.00 e. The fraction of sp³-hybridized carbons (Fsp3) is 0.600. The molecule has 4 aliphatic rings. The Labute approximate surface area is 382 Å². The first-order valence-electron chi connectivity index (χ1n) is 18.5. The second kappa shape index (κ2) is 23.5. The standard InChI is InChI=1S/C20H26N2O5.C20H25N2O5.B.2Na/c2*1-20(2)19(26-12-11-25-10-9-23)18(22-8-4-5-17(22)24)15-13-14(21-3)6-7-16(15)27-20;;;/h6-7,13,18-19,23H,4-5,8-12H2,1-2H3;6-7,13,18-19H,4-5,8-12H2,1-2H3;;;/q;2*-1;2*+1/t2*18-,19+;;;/m11.../s1. The van der Waals surface area contributed by atoms with E-state index in [2.05, 4.69) is 9.69 Å². The molecule has 0 unspecified atom stereocenters. The summed E-state index contributed by atoms with van der Waals surface area (Å²) in [4.78, 5) is 35.8. The van der Waals surface area contributed by atoms with Crippen LogP contribution in [0.4, 0.5) is 11.4 Å². The van der Waals surface area contributed by atoms with Crippen LogP contribution in [-0.2, 0) is 28.5 Å². The van der Waals surface area contributed by atoms with Crippen LogP contribution in [-0.4, -0.2) is 124 Å². The van der Waals surface area contributed by atoms with Gasteiger partial charge in [-0.25, -0.2) is 9.69 Å². The smallest absolute Gasteiger partial charge is 1.00 e. The van der Waals surface area contributed by atoms with Gasteiger partial charge in [0.1, 0.15) is 34.9 Å². The predicted octanol–water partition coefficient (Wildman–Crippen LogP) is -2.07. The third kappa shape index (κ3) is 12.4. The van der Waals surface area contributed by atoms with E-state index in [9.17, 15) is 14.7 Å². The fourth-order valence-electron chi connectivity index (χ4n) is 7.60. The molecule has 4 heterocycles. The Bertz CT molecular complexity index is 1600. The number of aliphatic hydroxyl groups is 1. The summed E-state index contributed by atoms with van der Waals surface area (Å²) in [7, 11) is 0. The number of likely N-dealkylation sites (tertiary alicyclic amines) is 2. The molecule has 17 heteroatoms. The summed E-state index contributed by atoms with van der Waals surface area (Å²) in [5, 5.41) is 19.3. The number of nitrogens with zero attached hydrogens (tertiary/aromatic N) is 4. The molecule has 14 nitrogen and oxygen atoms in total. The SMILES string of the molecule is [B-].[C-]#[N+]c1ccc2c(c1)[C@@H](N1CCCC1=O)[C@H](OCCOCCO)C(C)(C)O2.[C-]#[N+]c1ccc2c(c1)[C@@H](N1CCCC1=O)[C@H](OCCOCC[O-])C(C)(C)O2.[Na+].[Na+]. The van der Waals surface area contributed by atoms with Crippen LogP contribution in [0.2, 0.25) is 0 Å². The maximum atomic E-state index is 12.5. The van der Waals surface area contributed by atoms with E-state index in [1.165, 1.54) is 0 Å². The maximum absolute atomic E-state index is 12.5. The zero-order chi connectivity index (χ0) is 38.9. The summed E-state index contributed by atoms with van der Waals surface area (Å²) in [5.41, 5.74) is 1.32. The maximum Gasteiger partial charge on any atom is 1.00 e. The summed E-state index contributed by atoms with van der Waals surface area (Å²) in [6.45, 7) is 25.1. The van der Waals surface area contributed by atoms with Crippen LogP contribution in [0.5, 0.6) is 11.5 Å². The van der Waals surface area contributed by atoms with Crippen molar-refractivity contribution >= 4 is 31.6 Å². The van der Waals surface area contributed by atoms with E-state index in [-0.39, 0.29) is 118 Å². The van der Waals surface area contributed by atoms with Crippen LogP contribution in [0, 0.1) is 13.1 Å². The summed E-state index contributed by atoms with van der Waals surface area (Å²) in [5.74, 6) is 1.56. The number of hydrogen-bond acceptors (Lipinski definition) is 10. The third-order valence-corrected chi connectivity index (χ3v) is 9.98. The fourth-order valence-corrected chi connectivity index (χ4v) is 7.60. The molecule has 2 aromatic rings. The number of aliphatic hydroxyl groups excluding tert-OH is 1. The van der Waals surface area contributed by atoms with Crippen molar-refractivity contribution < 1.29 is 107 Å². The number of hydrogen-bond donors (Lipinski definition) is 1. The number of fused-ring (bicyclic) bond motifs is 2. The van der Waals surface area contributed by atoms with Gasteiger partial charge in [-0.3, -0.25) is 9.59 Å². The Balaban J connectivity index is 0.000000374. The van der Waals surface area contributed by atoms with Gasteiger partial charge in [-0.05, 0) is 64.8 Å². The largest absolute Gasteiger partial charge is 1.00 e. The Morgan fingerprint density at radius 3 is 1.51 bits per heavy atom. The Hall–Kier alpha value is -2.22. The molecule has 0 saturated carbocycles. The topological polar surface area (TPSA) is 148 Å². The van der Waals surface area contributed by atoms with Gasteiger partial charge in [0.05, 0.1) is 64.9 Å². The van der Waals surface area contributed by atoms with Crippen LogP contribution in [0.25, 0.3) is 9.69 Å².